The van der Waals surface area contributed by atoms with E-state index >= 15 is 0 Å². The number of hydrogen-bond acceptors (Lipinski definition) is 4. The van der Waals surface area contributed by atoms with Gasteiger partial charge in [0.1, 0.15) is 11.6 Å². The van der Waals surface area contributed by atoms with Crippen molar-refractivity contribution >= 4 is 5.97 Å². The third kappa shape index (κ3) is 1.82. The molecule has 23 heavy (non-hydrogen) atoms. The second-order valence-corrected chi connectivity index (χ2v) is 9.69. The van der Waals surface area contributed by atoms with Crippen molar-refractivity contribution in [1.29, 1.82) is 0 Å². The minimum absolute atomic E-state index is 0.0995. The normalized spacial score (nSPS) is 48.3. The van der Waals surface area contributed by atoms with Gasteiger partial charge in [-0.1, -0.05) is 0 Å². The maximum Gasteiger partial charge on any atom is 0.328 e. The molecule has 1 saturated heterocycles. The second-order valence-electron chi connectivity index (χ2n) is 9.69. The summed E-state index contributed by atoms with van der Waals surface area (Å²) in [6.45, 7) is 0.615. The summed E-state index contributed by atoms with van der Waals surface area (Å²) < 4.78 is 6.08. The number of carbonyl (C=O) groups excluding carboxylic acids is 1. The van der Waals surface area contributed by atoms with Crippen molar-refractivity contribution in [2.45, 2.75) is 63.0 Å². The topological polar surface area (TPSA) is 55.6 Å². The van der Waals surface area contributed by atoms with Gasteiger partial charge in [0, 0.05) is 18.4 Å². The summed E-state index contributed by atoms with van der Waals surface area (Å²) in [7, 11) is 4.02. The van der Waals surface area contributed by atoms with E-state index in [1.165, 1.54) is 44.9 Å². The summed E-state index contributed by atoms with van der Waals surface area (Å²) in [5.74, 6) is 1.50. The molecule has 2 N–H and O–H groups in total. The lowest BCUT2D eigenvalue weighted by Gasteiger charge is -2.34. The van der Waals surface area contributed by atoms with Crippen molar-refractivity contribution in [3.05, 3.63) is 0 Å². The third-order valence-corrected chi connectivity index (χ3v) is 8.23. The first-order valence-electron chi connectivity index (χ1n) is 9.55. The van der Waals surface area contributed by atoms with Gasteiger partial charge in [-0.15, -0.1) is 0 Å². The largest absolute Gasteiger partial charge is 0.460 e. The first kappa shape index (κ1) is 14.7. The molecule has 0 aromatic heterocycles. The van der Waals surface area contributed by atoms with Gasteiger partial charge >= 0.3 is 5.97 Å². The maximum atomic E-state index is 12.7. The fourth-order valence-electron chi connectivity index (χ4n) is 6.84. The number of carbonyl (C=O) groups is 1. The van der Waals surface area contributed by atoms with Crippen LogP contribution in [0.4, 0.5) is 0 Å². The highest BCUT2D eigenvalue weighted by Gasteiger charge is 2.71. The van der Waals surface area contributed by atoms with Crippen LogP contribution in [0.5, 0.6) is 0 Å². The van der Waals surface area contributed by atoms with Crippen molar-refractivity contribution in [2.75, 3.05) is 20.6 Å². The molecule has 5 aliphatic rings. The van der Waals surface area contributed by atoms with Gasteiger partial charge < -0.3 is 15.4 Å². The van der Waals surface area contributed by atoms with Crippen LogP contribution in [0, 0.1) is 28.6 Å². The molecule has 2 spiro atoms. The van der Waals surface area contributed by atoms with E-state index in [1.54, 1.807) is 0 Å². The van der Waals surface area contributed by atoms with E-state index in [4.69, 9.17) is 10.5 Å². The Balaban J connectivity index is 1.54. The van der Waals surface area contributed by atoms with Gasteiger partial charge in [-0.05, 0) is 82.2 Å². The lowest BCUT2D eigenvalue weighted by Crippen LogP contribution is -2.57. The highest BCUT2D eigenvalue weighted by Crippen LogP contribution is 2.75. The van der Waals surface area contributed by atoms with Gasteiger partial charge in [0.15, 0.2) is 0 Å². The lowest BCUT2D eigenvalue weighted by atomic mass is 9.72. The predicted molar refractivity (Wildman–Crippen MR) is 87.6 cm³/mol. The molecular formula is C19H30N2O2. The Morgan fingerprint density at radius 1 is 1.04 bits per heavy atom. The Morgan fingerprint density at radius 3 is 2.26 bits per heavy atom. The minimum Gasteiger partial charge on any atom is -0.460 e. The SMILES string of the molecule is CN(C)CC1(N)C(=O)OC2C3C(CCC34CC4)C3(CCC21)CC3. The predicted octanol–water partition coefficient (Wildman–Crippen LogP) is 2.17. The molecule has 128 valence electrons. The molecule has 4 aliphatic carbocycles. The minimum atomic E-state index is -0.794. The molecule has 5 rings (SSSR count). The van der Waals surface area contributed by atoms with E-state index in [0.29, 0.717) is 23.3 Å². The highest BCUT2D eigenvalue weighted by molar-refractivity contribution is 5.84. The third-order valence-electron chi connectivity index (χ3n) is 8.23. The Hall–Kier alpha value is -0.610. The number of hydrogen-bond donors (Lipinski definition) is 1. The Morgan fingerprint density at radius 2 is 1.65 bits per heavy atom. The number of likely N-dealkylation sites (N-methyl/N-ethyl adjacent to an activating group) is 1. The first-order chi connectivity index (χ1) is 10.9. The molecule has 5 fully saturated rings. The fraction of sp³-hybridized carbons (Fsp3) is 0.947. The van der Waals surface area contributed by atoms with Crippen LogP contribution < -0.4 is 5.73 Å². The highest BCUT2D eigenvalue weighted by atomic mass is 16.6. The fourth-order valence-corrected chi connectivity index (χ4v) is 6.84. The Labute approximate surface area is 139 Å². The average Bonchev–Trinajstić information content (AvgIpc) is 3.35. The van der Waals surface area contributed by atoms with Crippen LogP contribution in [0.25, 0.3) is 0 Å². The molecule has 0 aromatic carbocycles. The van der Waals surface area contributed by atoms with E-state index < -0.39 is 5.54 Å². The molecule has 0 radical (unpaired) electrons. The summed E-state index contributed by atoms with van der Waals surface area (Å²) in [6, 6.07) is 0. The molecule has 0 amide bonds. The van der Waals surface area contributed by atoms with E-state index in [9.17, 15) is 4.79 Å². The van der Waals surface area contributed by atoms with Gasteiger partial charge in [-0.2, -0.15) is 0 Å². The number of rotatable bonds is 2. The summed E-state index contributed by atoms with van der Waals surface area (Å²) in [6.07, 6.45) is 10.7. The van der Waals surface area contributed by atoms with Crippen molar-refractivity contribution in [2.24, 2.45) is 34.3 Å². The molecular weight excluding hydrogens is 288 g/mol. The van der Waals surface area contributed by atoms with E-state index in [0.717, 1.165) is 12.3 Å². The molecule has 1 aliphatic heterocycles. The van der Waals surface area contributed by atoms with Gasteiger partial charge in [0.2, 0.25) is 0 Å². The average molecular weight is 318 g/mol. The number of ether oxygens (including phenoxy) is 1. The number of nitrogens with zero attached hydrogens (tertiary/aromatic N) is 1. The summed E-state index contributed by atoms with van der Waals surface area (Å²) in [4.78, 5) is 14.8. The Kier molecular flexibility index (Phi) is 2.76. The van der Waals surface area contributed by atoms with Gasteiger partial charge in [0.05, 0.1) is 0 Å². The van der Waals surface area contributed by atoms with Crippen LogP contribution in [0.15, 0.2) is 0 Å². The van der Waals surface area contributed by atoms with Crippen LogP contribution >= 0.6 is 0 Å². The van der Waals surface area contributed by atoms with E-state index in [-0.39, 0.29) is 18.0 Å². The van der Waals surface area contributed by atoms with Gasteiger partial charge in [0.25, 0.3) is 0 Å². The molecule has 4 heteroatoms. The van der Waals surface area contributed by atoms with Crippen LogP contribution in [-0.4, -0.2) is 43.2 Å². The molecule has 4 saturated carbocycles. The van der Waals surface area contributed by atoms with Crippen molar-refractivity contribution in [1.82, 2.24) is 4.90 Å². The molecule has 5 unspecified atom stereocenters. The molecule has 4 nitrogen and oxygen atoms in total. The van der Waals surface area contributed by atoms with Crippen molar-refractivity contribution < 1.29 is 9.53 Å². The van der Waals surface area contributed by atoms with E-state index in [2.05, 4.69) is 4.90 Å². The molecule has 5 atom stereocenters. The summed E-state index contributed by atoms with van der Waals surface area (Å²) >= 11 is 0. The van der Waals surface area contributed by atoms with Gasteiger partial charge in [-0.25, -0.2) is 4.79 Å². The number of nitrogens with two attached hydrogens (primary N) is 1. The smallest absolute Gasteiger partial charge is 0.328 e. The maximum absolute atomic E-state index is 12.7. The van der Waals surface area contributed by atoms with Gasteiger partial charge in [-0.3, -0.25) is 0 Å². The zero-order valence-corrected chi connectivity index (χ0v) is 14.5. The lowest BCUT2D eigenvalue weighted by molar-refractivity contribution is -0.148. The number of fused-ring (bicyclic) bond motifs is 5. The molecule has 0 aromatic rings. The summed E-state index contributed by atoms with van der Waals surface area (Å²) in [5, 5.41) is 0. The standard InChI is InChI=1S/C19H30N2O2/c1-21(2)11-19(20)13-4-5-17(7-8-17)12-3-6-18(9-10-18)14(12)15(13)23-16(19)22/h12-15H,3-11,20H2,1-2H3. The van der Waals surface area contributed by atoms with Crippen LogP contribution in [0.2, 0.25) is 0 Å². The zero-order valence-electron chi connectivity index (χ0n) is 14.5. The first-order valence-corrected chi connectivity index (χ1v) is 9.55. The number of esters is 1. The van der Waals surface area contributed by atoms with Crippen LogP contribution in [0.3, 0.4) is 0 Å². The Bertz CT molecular complexity index is 552. The quantitative estimate of drug-likeness (QED) is 0.793. The van der Waals surface area contributed by atoms with Crippen molar-refractivity contribution in [3.63, 3.8) is 0 Å². The van der Waals surface area contributed by atoms with Crippen LogP contribution in [0.1, 0.15) is 51.4 Å². The second kappa shape index (κ2) is 4.32. The zero-order chi connectivity index (χ0) is 16.0. The van der Waals surface area contributed by atoms with Crippen LogP contribution in [-0.2, 0) is 9.53 Å². The molecule has 0 bridgehead atoms. The monoisotopic (exact) mass is 318 g/mol. The summed E-state index contributed by atoms with van der Waals surface area (Å²) in [5.41, 5.74) is 7.02. The van der Waals surface area contributed by atoms with Crippen molar-refractivity contribution in [3.8, 4) is 0 Å². The molecule has 1 heterocycles. The van der Waals surface area contributed by atoms with E-state index in [1.807, 2.05) is 14.1 Å².